The third kappa shape index (κ3) is 3.32. The summed E-state index contributed by atoms with van der Waals surface area (Å²) >= 11 is 0. The van der Waals surface area contributed by atoms with Gasteiger partial charge in [0.1, 0.15) is 11.4 Å². The number of hydrogen-bond acceptors (Lipinski definition) is 5. The Balaban J connectivity index is 1.74. The van der Waals surface area contributed by atoms with Crippen molar-refractivity contribution < 1.29 is 4.74 Å². The Morgan fingerprint density at radius 3 is 2.50 bits per heavy atom. The van der Waals surface area contributed by atoms with Crippen LogP contribution in [-0.2, 0) is 13.0 Å². The monoisotopic (exact) mass is 349 g/mol. The van der Waals surface area contributed by atoms with Crippen LogP contribution in [0.2, 0.25) is 0 Å². The van der Waals surface area contributed by atoms with Gasteiger partial charge in [0.05, 0.1) is 11.4 Å². The highest BCUT2D eigenvalue weighted by Crippen LogP contribution is 2.30. The first-order chi connectivity index (χ1) is 12.5. The number of ether oxygens (including phenoxy) is 1. The second-order valence-corrected chi connectivity index (χ2v) is 7.40. The van der Waals surface area contributed by atoms with Crippen LogP contribution in [0.4, 0.5) is 0 Å². The number of nitrogens with one attached hydrogen (secondary N) is 1. The number of rotatable bonds is 3. The van der Waals surface area contributed by atoms with Gasteiger partial charge in [-0.15, -0.1) is 0 Å². The number of fused-ring (bicyclic) bond motifs is 1. The van der Waals surface area contributed by atoms with Crippen LogP contribution in [0.3, 0.4) is 0 Å². The molecule has 26 heavy (non-hydrogen) atoms. The molecule has 1 aliphatic heterocycles. The van der Waals surface area contributed by atoms with Crippen molar-refractivity contribution in [1.82, 2.24) is 25.1 Å². The molecule has 6 heteroatoms. The molecule has 0 atom stereocenters. The van der Waals surface area contributed by atoms with E-state index >= 15 is 0 Å². The van der Waals surface area contributed by atoms with Crippen molar-refractivity contribution in [1.29, 1.82) is 0 Å². The molecule has 0 unspecified atom stereocenters. The SMILES string of the molecule is CC(C)(C)Oc1ccc(-c2nn(-c3ncccn3)c3c2CNCC3)cc1. The summed E-state index contributed by atoms with van der Waals surface area (Å²) in [6, 6.07) is 9.95. The second kappa shape index (κ2) is 6.53. The van der Waals surface area contributed by atoms with E-state index in [1.165, 1.54) is 11.3 Å². The summed E-state index contributed by atoms with van der Waals surface area (Å²) in [7, 11) is 0. The lowest BCUT2D eigenvalue weighted by molar-refractivity contribution is 0.131. The largest absolute Gasteiger partial charge is 0.488 e. The Labute approximate surface area is 153 Å². The second-order valence-electron chi connectivity index (χ2n) is 7.40. The summed E-state index contributed by atoms with van der Waals surface area (Å²) in [5, 5.41) is 8.29. The standard InChI is InChI=1S/C20H23N5O/c1-20(2,3)26-15-7-5-14(6-8-15)18-16-13-21-12-9-17(16)25(24-18)19-22-10-4-11-23-19/h4-8,10-11,21H,9,12-13H2,1-3H3. The van der Waals surface area contributed by atoms with Crippen LogP contribution in [0.15, 0.2) is 42.7 Å². The molecule has 0 saturated carbocycles. The fourth-order valence-electron chi connectivity index (χ4n) is 3.18. The molecule has 0 spiro atoms. The van der Waals surface area contributed by atoms with Crippen molar-refractivity contribution in [3.8, 4) is 23.0 Å². The molecule has 0 saturated heterocycles. The van der Waals surface area contributed by atoms with E-state index in [0.717, 1.165) is 36.5 Å². The van der Waals surface area contributed by atoms with Crippen molar-refractivity contribution >= 4 is 0 Å². The van der Waals surface area contributed by atoms with Crippen molar-refractivity contribution in [2.75, 3.05) is 6.54 Å². The molecule has 4 rings (SSSR count). The van der Waals surface area contributed by atoms with Gasteiger partial charge in [0, 0.05) is 43.0 Å². The molecular weight excluding hydrogens is 326 g/mol. The zero-order chi connectivity index (χ0) is 18.1. The van der Waals surface area contributed by atoms with E-state index in [-0.39, 0.29) is 5.60 Å². The quantitative estimate of drug-likeness (QED) is 0.787. The van der Waals surface area contributed by atoms with Gasteiger partial charge in [0.15, 0.2) is 0 Å². The molecule has 0 fully saturated rings. The van der Waals surface area contributed by atoms with Gasteiger partial charge in [0.25, 0.3) is 5.95 Å². The average Bonchev–Trinajstić information content (AvgIpc) is 3.02. The summed E-state index contributed by atoms with van der Waals surface area (Å²) in [6.45, 7) is 7.88. The molecule has 6 nitrogen and oxygen atoms in total. The first kappa shape index (κ1) is 16.7. The molecule has 1 aliphatic rings. The summed E-state index contributed by atoms with van der Waals surface area (Å²) in [5.74, 6) is 1.48. The smallest absolute Gasteiger partial charge is 0.250 e. The predicted molar refractivity (Wildman–Crippen MR) is 100 cm³/mol. The van der Waals surface area contributed by atoms with Gasteiger partial charge in [0.2, 0.25) is 0 Å². The van der Waals surface area contributed by atoms with E-state index < -0.39 is 0 Å². The van der Waals surface area contributed by atoms with Gasteiger partial charge < -0.3 is 10.1 Å². The summed E-state index contributed by atoms with van der Waals surface area (Å²) in [5.41, 5.74) is 4.23. The average molecular weight is 349 g/mol. The first-order valence-electron chi connectivity index (χ1n) is 8.89. The Bertz CT molecular complexity index is 894. The van der Waals surface area contributed by atoms with Crippen molar-refractivity contribution in [2.45, 2.75) is 39.3 Å². The van der Waals surface area contributed by atoms with Gasteiger partial charge in [-0.3, -0.25) is 0 Å². The van der Waals surface area contributed by atoms with Crippen LogP contribution in [-0.4, -0.2) is 31.9 Å². The molecule has 2 aromatic heterocycles. The van der Waals surface area contributed by atoms with Crippen molar-refractivity contribution in [3.05, 3.63) is 54.0 Å². The fraction of sp³-hybridized carbons (Fsp3) is 0.350. The molecule has 0 radical (unpaired) electrons. The molecule has 0 bridgehead atoms. The van der Waals surface area contributed by atoms with Crippen LogP contribution in [0.5, 0.6) is 5.75 Å². The Kier molecular flexibility index (Phi) is 4.20. The van der Waals surface area contributed by atoms with E-state index in [9.17, 15) is 0 Å². The normalized spacial score (nSPS) is 14.1. The Hall–Kier alpha value is -2.73. The molecule has 3 aromatic rings. The highest BCUT2D eigenvalue weighted by Gasteiger charge is 2.23. The Morgan fingerprint density at radius 2 is 1.81 bits per heavy atom. The zero-order valence-corrected chi connectivity index (χ0v) is 15.4. The lowest BCUT2D eigenvalue weighted by atomic mass is 10.0. The van der Waals surface area contributed by atoms with E-state index in [2.05, 4.69) is 27.4 Å². The molecule has 0 aliphatic carbocycles. The van der Waals surface area contributed by atoms with Crippen LogP contribution >= 0.6 is 0 Å². The number of hydrogen-bond donors (Lipinski definition) is 1. The molecule has 0 amide bonds. The molecule has 134 valence electrons. The van der Waals surface area contributed by atoms with Gasteiger partial charge in [-0.05, 0) is 51.1 Å². The highest BCUT2D eigenvalue weighted by atomic mass is 16.5. The number of nitrogens with zero attached hydrogens (tertiary/aromatic N) is 4. The van der Waals surface area contributed by atoms with E-state index in [1.54, 1.807) is 12.4 Å². The summed E-state index contributed by atoms with van der Waals surface area (Å²) in [6.07, 6.45) is 4.40. The summed E-state index contributed by atoms with van der Waals surface area (Å²) in [4.78, 5) is 8.73. The lowest BCUT2D eigenvalue weighted by Gasteiger charge is -2.21. The van der Waals surface area contributed by atoms with Crippen molar-refractivity contribution in [3.63, 3.8) is 0 Å². The van der Waals surface area contributed by atoms with Gasteiger partial charge in [-0.1, -0.05) is 0 Å². The van der Waals surface area contributed by atoms with E-state index in [0.29, 0.717) is 5.95 Å². The zero-order valence-electron chi connectivity index (χ0n) is 15.4. The lowest BCUT2D eigenvalue weighted by Crippen LogP contribution is -2.25. The fourth-order valence-corrected chi connectivity index (χ4v) is 3.18. The maximum absolute atomic E-state index is 5.92. The molecular formula is C20H23N5O. The van der Waals surface area contributed by atoms with Crippen LogP contribution in [0.25, 0.3) is 17.2 Å². The van der Waals surface area contributed by atoms with Crippen LogP contribution < -0.4 is 10.1 Å². The van der Waals surface area contributed by atoms with Crippen LogP contribution in [0, 0.1) is 0 Å². The number of benzene rings is 1. The highest BCUT2D eigenvalue weighted by molar-refractivity contribution is 5.65. The first-order valence-corrected chi connectivity index (χ1v) is 8.89. The predicted octanol–water partition coefficient (Wildman–Crippen LogP) is 3.15. The minimum absolute atomic E-state index is 0.211. The molecule has 3 heterocycles. The van der Waals surface area contributed by atoms with E-state index in [4.69, 9.17) is 9.84 Å². The molecule has 1 N–H and O–H groups in total. The van der Waals surface area contributed by atoms with Gasteiger partial charge in [-0.2, -0.15) is 5.10 Å². The topological polar surface area (TPSA) is 64.9 Å². The minimum Gasteiger partial charge on any atom is -0.488 e. The molecule has 1 aromatic carbocycles. The third-order valence-corrected chi connectivity index (χ3v) is 4.22. The maximum Gasteiger partial charge on any atom is 0.250 e. The van der Waals surface area contributed by atoms with Crippen molar-refractivity contribution in [2.24, 2.45) is 0 Å². The minimum atomic E-state index is -0.211. The van der Waals surface area contributed by atoms with Crippen LogP contribution in [0.1, 0.15) is 32.0 Å². The third-order valence-electron chi connectivity index (χ3n) is 4.22. The van der Waals surface area contributed by atoms with E-state index in [1.807, 2.05) is 43.7 Å². The van der Waals surface area contributed by atoms with Gasteiger partial charge >= 0.3 is 0 Å². The Morgan fingerprint density at radius 1 is 1.08 bits per heavy atom. The maximum atomic E-state index is 5.92. The summed E-state index contributed by atoms with van der Waals surface area (Å²) < 4.78 is 7.80. The number of aromatic nitrogens is 4. The van der Waals surface area contributed by atoms with Gasteiger partial charge in [-0.25, -0.2) is 14.6 Å².